The van der Waals surface area contributed by atoms with E-state index >= 15 is 0 Å². The van der Waals surface area contributed by atoms with Gasteiger partial charge in [0.1, 0.15) is 6.04 Å². The predicted octanol–water partition coefficient (Wildman–Crippen LogP) is 3.86. The number of aliphatic carboxylic acids is 1. The fourth-order valence-electron chi connectivity index (χ4n) is 2.83. The number of carbonyl (C=O) groups is 1. The number of rotatable bonds is 3. The molecule has 2 heterocycles. The SMILES string of the molecule is CC(C)c1ccc2nc(N3CCCCC3C(=O)O)sc2c1. The Balaban J connectivity index is 1.97. The van der Waals surface area contributed by atoms with Crippen molar-refractivity contribution in [1.29, 1.82) is 0 Å². The molecule has 21 heavy (non-hydrogen) atoms. The van der Waals surface area contributed by atoms with Gasteiger partial charge in [-0.1, -0.05) is 31.3 Å². The van der Waals surface area contributed by atoms with Crippen LogP contribution < -0.4 is 4.90 Å². The number of hydrogen-bond donors (Lipinski definition) is 1. The lowest BCUT2D eigenvalue weighted by Crippen LogP contribution is -2.44. The molecule has 1 aliphatic rings. The summed E-state index contributed by atoms with van der Waals surface area (Å²) in [5.74, 6) is -0.251. The number of carboxylic acid groups (broad SMARTS) is 1. The van der Waals surface area contributed by atoms with E-state index in [0.29, 0.717) is 12.3 Å². The van der Waals surface area contributed by atoms with Crippen molar-refractivity contribution < 1.29 is 9.90 Å². The van der Waals surface area contributed by atoms with E-state index in [1.54, 1.807) is 11.3 Å². The first kappa shape index (κ1) is 14.3. The van der Waals surface area contributed by atoms with Crippen LogP contribution in [0.3, 0.4) is 0 Å². The summed E-state index contributed by atoms with van der Waals surface area (Å²) < 4.78 is 1.14. The molecule has 0 spiro atoms. The lowest BCUT2D eigenvalue weighted by atomic mass is 10.0. The van der Waals surface area contributed by atoms with Crippen molar-refractivity contribution in [2.24, 2.45) is 0 Å². The van der Waals surface area contributed by atoms with E-state index in [1.807, 2.05) is 11.0 Å². The van der Waals surface area contributed by atoms with E-state index in [9.17, 15) is 9.90 Å². The third-order valence-corrected chi connectivity index (χ3v) is 5.16. The highest BCUT2D eigenvalue weighted by Crippen LogP contribution is 2.34. The summed E-state index contributed by atoms with van der Waals surface area (Å²) in [7, 11) is 0. The zero-order chi connectivity index (χ0) is 15.0. The molecule has 1 aliphatic heterocycles. The van der Waals surface area contributed by atoms with Gasteiger partial charge < -0.3 is 10.0 Å². The van der Waals surface area contributed by atoms with Gasteiger partial charge in [0.15, 0.2) is 5.13 Å². The van der Waals surface area contributed by atoms with Crippen LogP contribution in [0.5, 0.6) is 0 Å². The van der Waals surface area contributed by atoms with E-state index in [0.717, 1.165) is 34.7 Å². The normalized spacial score (nSPS) is 19.4. The molecule has 2 aromatic rings. The van der Waals surface area contributed by atoms with Crippen LogP contribution in [-0.4, -0.2) is 28.6 Å². The number of thiazole rings is 1. The quantitative estimate of drug-likeness (QED) is 0.935. The maximum absolute atomic E-state index is 11.4. The molecule has 1 saturated heterocycles. The van der Waals surface area contributed by atoms with Gasteiger partial charge in [0, 0.05) is 6.54 Å². The molecule has 0 radical (unpaired) electrons. The van der Waals surface area contributed by atoms with Crippen LogP contribution >= 0.6 is 11.3 Å². The number of anilines is 1. The molecule has 0 amide bonds. The zero-order valence-corrected chi connectivity index (χ0v) is 13.2. The molecule has 0 aliphatic carbocycles. The van der Waals surface area contributed by atoms with Crippen LogP contribution in [0.2, 0.25) is 0 Å². The second-order valence-corrected chi connectivity index (χ2v) is 6.93. The van der Waals surface area contributed by atoms with Crippen molar-refractivity contribution in [3.8, 4) is 0 Å². The number of carboxylic acids is 1. The van der Waals surface area contributed by atoms with E-state index in [1.165, 1.54) is 5.56 Å². The number of aromatic nitrogens is 1. The number of piperidine rings is 1. The summed E-state index contributed by atoms with van der Waals surface area (Å²) in [4.78, 5) is 18.0. The average molecular weight is 304 g/mol. The van der Waals surface area contributed by atoms with Gasteiger partial charge in [-0.2, -0.15) is 0 Å². The van der Waals surface area contributed by atoms with Gasteiger partial charge >= 0.3 is 5.97 Å². The maximum atomic E-state index is 11.4. The molecular weight excluding hydrogens is 284 g/mol. The van der Waals surface area contributed by atoms with Crippen molar-refractivity contribution >= 4 is 32.7 Å². The summed E-state index contributed by atoms with van der Waals surface area (Å²) >= 11 is 1.61. The highest BCUT2D eigenvalue weighted by Gasteiger charge is 2.30. The molecule has 5 heteroatoms. The van der Waals surface area contributed by atoms with Gasteiger partial charge in [-0.15, -0.1) is 0 Å². The number of fused-ring (bicyclic) bond motifs is 1. The third-order valence-electron chi connectivity index (χ3n) is 4.10. The van der Waals surface area contributed by atoms with Crippen LogP contribution in [0.1, 0.15) is 44.6 Å². The molecule has 4 nitrogen and oxygen atoms in total. The Morgan fingerprint density at radius 1 is 1.43 bits per heavy atom. The fraction of sp³-hybridized carbons (Fsp3) is 0.500. The number of nitrogens with zero attached hydrogens (tertiary/aromatic N) is 2. The van der Waals surface area contributed by atoms with Crippen molar-refractivity contribution in [2.75, 3.05) is 11.4 Å². The van der Waals surface area contributed by atoms with Crippen molar-refractivity contribution in [3.63, 3.8) is 0 Å². The Bertz CT molecular complexity index is 665. The molecule has 1 aromatic heterocycles. The highest BCUT2D eigenvalue weighted by molar-refractivity contribution is 7.22. The van der Waals surface area contributed by atoms with Gasteiger partial charge in [-0.05, 0) is 42.9 Å². The van der Waals surface area contributed by atoms with Crippen molar-refractivity contribution in [1.82, 2.24) is 4.98 Å². The van der Waals surface area contributed by atoms with E-state index in [-0.39, 0.29) is 0 Å². The molecule has 1 unspecified atom stereocenters. The molecule has 0 bridgehead atoms. The third kappa shape index (κ3) is 2.75. The van der Waals surface area contributed by atoms with Crippen LogP contribution in [-0.2, 0) is 4.79 Å². The molecule has 0 saturated carbocycles. The second-order valence-electron chi connectivity index (χ2n) is 5.92. The van der Waals surface area contributed by atoms with E-state index in [4.69, 9.17) is 0 Å². The van der Waals surface area contributed by atoms with Gasteiger partial charge in [-0.3, -0.25) is 0 Å². The van der Waals surface area contributed by atoms with Crippen LogP contribution in [0.4, 0.5) is 5.13 Å². The van der Waals surface area contributed by atoms with Gasteiger partial charge in [0.05, 0.1) is 10.2 Å². The highest BCUT2D eigenvalue weighted by atomic mass is 32.1. The number of hydrogen-bond acceptors (Lipinski definition) is 4. The summed E-state index contributed by atoms with van der Waals surface area (Å²) in [6.45, 7) is 5.14. The fourth-order valence-corrected chi connectivity index (χ4v) is 3.92. The van der Waals surface area contributed by atoms with Crippen LogP contribution in [0, 0.1) is 0 Å². The Hall–Kier alpha value is -1.62. The van der Waals surface area contributed by atoms with Gasteiger partial charge in [0.25, 0.3) is 0 Å². The first-order chi connectivity index (χ1) is 10.1. The van der Waals surface area contributed by atoms with Gasteiger partial charge in [-0.25, -0.2) is 9.78 Å². The molecule has 1 aromatic carbocycles. The summed E-state index contributed by atoms with van der Waals surface area (Å²) in [5.41, 5.74) is 2.26. The second kappa shape index (κ2) is 5.64. The predicted molar refractivity (Wildman–Crippen MR) is 86.3 cm³/mol. The Labute approximate surface area is 128 Å². The standard InChI is InChI=1S/C16H20N2O2S/c1-10(2)11-6-7-12-14(9-11)21-16(17-12)18-8-4-3-5-13(18)15(19)20/h6-7,9-10,13H,3-5,8H2,1-2H3,(H,19,20). The minimum absolute atomic E-state index is 0.427. The Morgan fingerprint density at radius 2 is 2.24 bits per heavy atom. The molecule has 3 rings (SSSR count). The molecule has 1 N–H and O–H groups in total. The van der Waals surface area contributed by atoms with E-state index in [2.05, 4.69) is 31.0 Å². The minimum atomic E-state index is -0.739. The Kier molecular flexibility index (Phi) is 3.85. The minimum Gasteiger partial charge on any atom is -0.480 e. The topological polar surface area (TPSA) is 53.4 Å². The number of benzene rings is 1. The molecule has 1 atom stereocenters. The Morgan fingerprint density at radius 3 is 2.95 bits per heavy atom. The molecule has 1 fully saturated rings. The summed E-state index contributed by atoms with van der Waals surface area (Å²) in [6.07, 6.45) is 2.73. The van der Waals surface area contributed by atoms with Gasteiger partial charge in [0.2, 0.25) is 0 Å². The largest absolute Gasteiger partial charge is 0.480 e. The smallest absolute Gasteiger partial charge is 0.326 e. The maximum Gasteiger partial charge on any atom is 0.326 e. The lowest BCUT2D eigenvalue weighted by Gasteiger charge is -2.32. The average Bonchev–Trinajstić information content (AvgIpc) is 2.89. The van der Waals surface area contributed by atoms with Crippen LogP contribution in [0.15, 0.2) is 18.2 Å². The first-order valence-electron chi connectivity index (χ1n) is 7.46. The summed E-state index contributed by atoms with van der Waals surface area (Å²) in [6, 6.07) is 5.91. The van der Waals surface area contributed by atoms with Crippen molar-refractivity contribution in [2.45, 2.75) is 45.1 Å². The molecular formula is C16H20N2O2S. The van der Waals surface area contributed by atoms with Crippen molar-refractivity contribution in [3.05, 3.63) is 23.8 Å². The van der Waals surface area contributed by atoms with Crippen LogP contribution in [0.25, 0.3) is 10.2 Å². The molecule has 112 valence electrons. The summed E-state index contributed by atoms with van der Waals surface area (Å²) in [5, 5.41) is 10.2. The van der Waals surface area contributed by atoms with E-state index < -0.39 is 12.0 Å². The lowest BCUT2D eigenvalue weighted by molar-refractivity contribution is -0.139. The monoisotopic (exact) mass is 304 g/mol. The first-order valence-corrected chi connectivity index (χ1v) is 8.28. The zero-order valence-electron chi connectivity index (χ0n) is 12.4.